The van der Waals surface area contributed by atoms with Gasteiger partial charge in [0, 0.05) is 12.5 Å². The maximum atomic E-state index is 12.0. The van der Waals surface area contributed by atoms with E-state index < -0.39 is 5.60 Å². The number of benzene rings is 1. The lowest BCUT2D eigenvalue weighted by molar-refractivity contribution is -0.163. The van der Waals surface area contributed by atoms with E-state index in [4.69, 9.17) is 9.47 Å². The SMILES string of the molecule is CCOC(=O)C1(CC)CCc2ccc(O)cc2O1. The van der Waals surface area contributed by atoms with Crippen molar-refractivity contribution in [3.8, 4) is 11.5 Å². The van der Waals surface area contributed by atoms with Crippen molar-refractivity contribution in [2.45, 2.75) is 38.7 Å². The second-order valence-electron chi connectivity index (χ2n) is 4.46. The number of hydrogen-bond donors (Lipinski definition) is 1. The average molecular weight is 250 g/mol. The lowest BCUT2D eigenvalue weighted by Gasteiger charge is -2.35. The number of hydrogen-bond acceptors (Lipinski definition) is 4. The third-order valence-corrected chi connectivity index (χ3v) is 3.37. The van der Waals surface area contributed by atoms with Crippen molar-refractivity contribution in [1.82, 2.24) is 0 Å². The summed E-state index contributed by atoms with van der Waals surface area (Å²) in [6.45, 7) is 4.03. The second-order valence-corrected chi connectivity index (χ2v) is 4.46. The minimum Gasteiger partial charge on any atom is -0.508 e. The van der Waals surface area contributed by atoms with E-state index >= 15 is 0 Å². The number of phenols is 1. The zero-order chi connectivity index (χ0) is 13.2. The van der Waals surface area contributed by atoms with Gasteiger partial charge >= 0.3 is 5.97 Å². The standard InChI is InChI=1S/C14H18O4/c1-3-14(13(16)17-4-2)8-7-10-5-6-11(15)9-12(10)18-14/h5-6,9,15H,3-4,7-8H2,1-2H3. The highest BCUT2D eigenvalue weighted by Gasteiger charge is 2.43. The van der Waals surface area contributed by atoms with Gasteiger partial charge in [-0.3, -0.25) is 0 Å². The molecule has 0 aliphatic carbocycles. The minimum absolute atomic E-state index is 0.143. The van der Waals surface area contributed by atoms with Gasteiger partial charge in [-0.05, 0) is 31.4 Å². The highest BCUT2D eigenvalue weighted by atomic mass is 16.6. The van der Waals surface area contributed by atoms with Crippen LogP contribution in [0.5, 0.6) is 11.5 Å². The fourth-order valence-electron chi connectivity index (χ4n) is 2.24. The maximum absolute atomic E-state index is 12.0. The van der Waals surface area contributed by atoms with Crippen molar-refractivity contribution in [3.05, 3.63) is 23.8 Å². The molecule has 98 valence electrons. The highest BCUT2D eigenvalue weighted by Crippen LogP contribution is 2.37. The molecule has 0 radical (unpaired) electrons. The molecule has 0 saturated heterocycles. The Morgan fingerprint density at radius 2 is 2.28 bits per heavy atom. The van der Waals surface area contributed by atoms with Crippen LogP contribution in [0.4, 0.5) is 0 Å². The first-order valence-electron chi connectivity index (χ1n) is 6.29. The molecule has 4 nitrogen and oxygen atoms in total. The van der Waals surface area contributed by atoms with Crippen molar-refractivity contribution in [1.29, 1.82) is 0 Å². The molecule has 1 atom stereocenters. The van der Waals surface area contributed by atoms with Gasteiger partial charge < -0.3 is 14.6 Å². The van der Waals surface area contributed by atoms with Crippen LogP contribution in [0.15, 0.2) is 18.2 Å². The molecular formula is C14H18O4. The van der Waals surface area contributed by atoms with Crippen molar-refractivity contribution >= 4 is 5.97 Å². The zero-order valence-corrected chi connectivity index (χ0v) is 10.7. The minimum atomic E-state index is -0.906. The van der Waals surface area contributed by atoms with Gasteiger partial charge in [0.2, 0.25) is 5.60 Å². The lowest BCUT2D eigenvalue weighted by atomic mass is 9.89. The molecule has 4 heteroatoms. The van der Waals surface area contributed by atoms with Gasteiger partial charge in [-0.1, -0.05) is 13.0 Å². The third kappa shape index (κ3) is 2.15. The number of carbonyl (C=O) groups excluding carboxylic acids is 1. The quantitative estimate of drug-likeness (QED) is 0.837. The van der Waals surface area contributed by atoms with E-state index in [1.54, 1.807) is 19.1 Å². The molecule has 0 amide bonds. The fourth-order valence-corrected chi connectivity index (χ4v) is 2.24. The Hall–Kier alpha value is -1.71. The number of ether oxygens (including phenoxy) is 2. The van der Waals surface area contributed by atoms with Crippen LogP contribution >= 0.6 is 0 Å². The smallest absolute Gasteiger partial charge is 0.350 e. The van der Waals surface area contributed by atoms with Gasteiger partial charge in [0.1, 0.15) is 11.5 Å². The Bertz CT molecular complexity index is 455. The van der Waals surface area contributed by atoms with Gasteiger partial charge in [-0.2, -0.15) is 0 Å². The van der Waals surface area contributed by atoms with E-state index in [1.165, 1.54) is 0 Å². The second kappa shape index (κ2) is 4.88. The predicted octanol–water partition coefficient (Wildman–Crippen LogP) is 2.43. The molecule has 0 spiro atoms. The Morgan fingerprint density at radius 3 is 2.94 bits per heavy atom. The van der Waals surface area contributed by atoms with Crippen molar-refractivity contribution in [2.24, 2.45) is 0 Å². The van der Waals surface area contributed by atoms with Crippen molar-refractivity contribution in [2.75, 3.05) is 6.61 Å². The van der Waals surface area contributed by atoms with Crippen molar-refractivity contribution in [3.63, 3.8) is 0 Å². The summed E-state index contributed by atoms with van der Waals surface area (Å²) in [6.07, 6.45) is 1.92. The Balaban J connectivity index is 2.30. The summed E-state index contributed by atoms with van der Waals surface area (Å²) in [5.74, 6) is 0.405. The van der Waals surface area contributed by atoms with Crippen LogP contribution in [0.25, 0.3) is 0 Å². The highest BCUT2D eigenvalue weighted by molar-refractivity contribution is 5.80. The van der Waals surface area contributed by atoms with Crippen molar-refractivity contribution < 1.29 is 19.4 Å². The van der Waals surface area contributed by atoms with Crippen LogP contribution in [0.2, 0.25) is 0 Å². The number of esters is 1. The van der Waals surface area contributed by atoms with Gasteiger partial charge in [0.15, 0.2) is 0 Å². The van der Waals surface area contributed by atoms with E-state index in [9.17, 15) is 9.90 Å². The monoisotopic (exact) mass is 250 g/mol. The van der Waals surface area contributed by atoms with E-state index in [0.29, 0.717) is 25.2 Å². The molecule has 0 aromatic heterocycles. The molecule has 1 aromatic carbocycles. The predicted molar refractivity (Wildman–Crippen MR) is 66.7 cm³/mol. The topological polar surface area (TPSA) is 55.8 Å². The number of rotatable bonds is 3. The summed E-state index contributed by atoms with van der Waals surface area (Å²) in [4.78, 5) is 12.0. The van der Waals surface area contributed by atoms with Gasteiger partial charge in [-0.25, -0.2) is 4.79 Å². The van der Waals surface area contributed by atoms with Crippen LogP contribution in [-0.4, -0.2) is 23.3 Å². The first kappa shape index (κ1) is 12.7. The van der Waals surface area contributed by atoms with E-state index in [-0.39, 0.29) is 11.7 Å². The van der Waals surface area contributed by atoms with Gasteiger partial charge in [0.25, 0.3) is 0 Å². The summed E-state index contributed by atoms with van der Waals surface area (Å²) in [5, 5.41) is 9.48. The Labute approximate surface area is 107 Å². The molecule has 18 heavy (non-hydrogen) atoms. The van der Waals surface area contributed by atoms with Crippen LogP contribution in [0, 0.1) is 0 Å². The molecule has 1 unspecified atom stereocenters. The normalized spacial score (nSPS) is 21.9. The molecular weight excluding hydrogens is 232 g/mol. The van der Waals surface area contributed by atoms with Crippen LogP contribution in [0.1, 0.15) is 32.3 Å². The molecule has 2 rings (SSSR count). The van der Waals surface area contributed by atoms with Crippen LogP contribution in [-0.2, 0) is 16.0 Å². The van der Waals surface area contributed by atoms with Gasteiger partial charge in [0.05, 0.1) is 6.61 Å². The molecule has 0 bridgehead atoms. The molecule has 1 heterocycles. The first-order chi connectivity index (χ1) is 8.61. The van der Waals surface area contributed by atoms with E-state index in [0.717, 1.165) is 12.0 Å². The largest absolute Gasteiger partial charge is 0.508 e. The summed E-state index contributed by atoms with van der Waals surface area (Å²) in [7, 11) is 0. The summed E-state index contributed by atoms with van der Waals surface area (Å²) in [6, 6.07) is 5.01. The van der Waals surface area contributed by atoms with Crippen LogP contribution < -0.4 is 4.74 Å². The zero-order valence-electron chi connectivity index (χ0n) is 10.7. The fraction of sp³-hybridized carbons (Fsp3) is 0.500. The number of fused-ring (bicyclic) bond motifs is 1. The van der Waals surface area contributed by atoms with Crippen LogP contribution in [0.3, 0.4) is 0 Å². The molecule has 1 N–H and O–H groups in total. The summed E-state index contributed by atoms with van der Waals surface area (Å²) < 4.78 is 10.9. The molecule has 1 aliphatic rings. The average Bonchev–Trinajstić information content (AvgIpc) is 2.38. The molecule has 1 aliphatic heterocycles. The lowest BCUT2D eigenvalue weighted by Crippen LogP contribution is -2.47. The Morgan fingerprint density at radius 1 is 1.50 bits per heavy atom. The number of carbonyl (C=O) groups is 1. The van der Waals surface area contributed by atoms with E-state index in [1.807, 2.05) is 13.0 Å². The number of aryl methyl sites for hydroxylation is 1. The molecule has 0 saturated carbocycles. The number of phenolic OH excluding ortho intramolecular Hbond substituents is 1. The summed E-state index contributed by atoms with van der Waals surface area (Å²) >= 11 is 0. The molecule has 0 fully saturated rings. The van der Waals surface area contributed by atoms with Gasteiger partial charge in [-0.15, -0.1) is 0 Å². The molecule has 1 aromatic rings. The number of aromatic hydroxyl groups is 1. The summed E-state index contributed by atoms with van der Waals surface area (Å²) in [5.41, 5.74) is 0.109. The Kier molecular flexibility index (Phi) is 3.45. The third-order valence-electron chi connectivity index (χ3n) is 3.37. The maximum Gasteiger partial charge on any atom is 0.350 e. The first-order valence-corrected chi connectivity index (χ1v) is 6.29. The van der Waals surface area contributed by atoms with E-state index in [2.05, 4.69) is 0 Å².